The van der Waals surface area contributed by atoms with Crippen LogP contribution < -0.4 is 10.1 Å². The van der Waals surface area contributed by atoms with Crippen molar-refractivity contribution in [2.24, 2.45) is 0 Å². The zero-order valence-electron chi connectivity index (χ0n) is 15.0. The van der Waals surface area contributed by atoms with Crippen LogP contribution in [0.4, 0.5) is 5.69 Å². The second-order valence-corrected chi connectivity index (χ2v) is 6.32. The van der Waals surface area contributed by atoms with Crippen molar-refractivity contribution in [3.8, 4) is 5.75 Å². The molecule has 1 saturated heterocycles. The van der Waals surface area contributed by atoms with Gasteiger partial charge in [-0.2, -0.15) is 0 Å². The van der Waals surface area contributed by atoms with Crippen LogP contribution in [-0.4, -0.2) is 36.4 Å². The van der Waals surface area contributed by atoms with Gasteiger partial charge in [0.05, 0.1) is 12.2 Å². The third kappa shape index (κ3) is 4.23. The smallest absolute Gasteiger partial charge is 0.259 e. The largest absolute Gasteiger partial charge is 0.493 e. The Morgan fingerprint density at radius 1 is 1.04 bits per heavy atom. The van der Waals surface area contributed by atoms with E-state index in [9.17, 15) is 9.59 Å². The summed E-state index contributed by atoms with van der Waals surface area (Å²) in [6.45, 7) is 3.97. The predicted octanol–water partition coefficient (Wildman–Crippen LogP) is 3.96. The molecule has 3 rings (SSSR count). The normalized spacial score (nSPS) is 14.0. The first-order chi connectivity index (χ1) is 12.7. The van der Waals surface area contributed by atoms with E-state index in [-0.39, 0.29) is 11.8 Å². The number of nitrogens with one attached hydrogen (secondary N) is 1. The lowest BCUT2D eigenvalue weighted by Crippen LogP contribution is -2.35. The highest BCUT2D eigenvalue weighted by Crippen LogP contribution is 2.21. The molecule has 0 unspecified atom stereocenters. The van der Waals surface area contributed by atoms with Gasteiger partial charge in [0.25, 0.3) is 11.8 Å². The molecule has 1 fully saturated rings. The average molecular weight is 352 g/mol. The first-order valence-corrected chi connectivity index (χ1v) is 9.11. The molecular formula is C21H24N2O3. The van der Waals surface area contributed by atoms with Crippen LogP contribution in [0.1, 0.15) is 46.9 Å². The standard InChI is InChI=1S/C21H24N2O3/c1-2-26-19-12-5-4-11-18(19)20(24)22-17-10-8-9-16(15-17)21(25)23-13-6-3-7-14-23/h4-5,8-12,15H,2-3,6-7,13-14H2,1H3,(H,22,24). The molecule has 1 N–H and O–H groups in total. The number of anilines is 1. The van der Waals surface area contributed by atoms with Crippen molar-refractivity contribution < 1.29 is 14.3 Å². The molecule has 26 heavy (non-hydrogen) atoms. The van der Waals surface area contributed by atoms with E-state index in [1.807, 2.05) is 17.9 Å². The van der Waals surface area contributed by atoms with Gasteiger partial charge in [-0.3, -0.25) is 9.59 Å². The number of benzene rings is 2. The Balaban J connectivity index is 1.74. The van der Waals surface area contributed by atoms with E-state index in [1.54, 1.807) is 42.5 Å². The van der Waals surface area contributed by atoms with E-state index in [1.165, 1.54) is 6.42 Å². The van der Waals surface area contributed by atoms with Crippen molar-refractivity contribution >= 4 is 17.5 Å². The number of hydrogen-bond acceptors (Lipinski definition) is 3. The van der Waals surface area contributed by atoms with Crippen molar-refractivity contribution in [1.82, 2.24) is 4.90 Å². The molecule has 0 saturated carbocycles. The first-order valence-electron chi connectivity index (χ1n) is 9.11. The number of nitrogens with zero attached hydrogens (tertiary/aromatic N) is 1. The number of para-hydroxylation sites is 1. The zero-order chi connectivity index (χ0) is 18.4. The molecule has 136 valence electrons. The van der Waals surface area contributed by atoms with Gasteiger partial charge < -0.3 is 15.0 Å². The molecule has 1 heterocycles. The van der Waals surface area contributed by atoms with Crippen LogP contribution in [0.2, 0.25) is 0 Å². The Morgan fingerprint density at radius 3 is 2.58 bits per heavy atom. The maximum Gasteiger partial charge on any atom is 0.259 e. The van der Waals surface area contributed by atoms with Crippen molar-refractivity contribution in [2.75, 3.05) is 25.0 Å². The Labute approximate surface area is 154 Å². The molecular weight excluding hydrogens is 328 g/mol. The van der Waals surface area contributed by atoms with Gasteiger partial charge in [0.2, 0.25) is 0 Å². The lowest BCUT2D eigenvalue weighted by molar-refractivity contribution is 0.0724. The maximum atomic E-state index is 12.6. The fourth-order valence-corrected chi connectivity index (χ4v) is 3.14. The molecule has 0 bridgehead atoms. The quantitative estimate of drug-likeness (QED) is 0.886. The minimum atomic E-state index is -0.253. The summed E-state index contributed by atoms with van der Waals surface area (Å²) in [7, 11) is 0. The van der Waals surface area contributed by atoms with Gasteiger partial charge in [-0.05, 0) is 56.5 Å². The molecule has 1 aliphatic rings. The highest BCUT2D eigenvalue weighted by atomic mass is 16.5. The van der Waals surface area contributed by atoms with Gasteiger partial charge in [-0.25, -0.2) is 0 Å². The number of rotatable bonds is 5. The Hall–Kier alpha value is -2.82. The van der Waals surface area contributed by atoms with Crippen molar-refractivity contribution in [2.45, 2.75) is 26.2 Å². The summed E-state index contributed by atoms with van der Waals surface area (Å²) >= 11 is 0. The summed E-state index contributed by atoms with van der Waals surface area (Å²) in [5.74, 6) is 0.320. The van der Waals surface area contributed by atoms with Gasteiger partial charge in [-0.15, -0.1) is 0 Å². The van der Waals surface area contributed by atoms with Gasteiger partial charge in [-0.1, -0.05) is 18.2 Å². The third-order valence-electron chi connectivity index (χ3n) is 4.44. The molecule has 0 radical (unpaired) electrons. The van der Waals surface area contributed by atoms with Gasteiger partial charge in [0.15, 0.2) is 0 Å². The maximum absolute atomic E-state index is 12.6. The van der Waals surface area contributed by atoms with Gasteiger partial charge >= 0.3 is 0 Å². The summed E-state index contributed by atoms with van der Waals surface area (Å²) < 4.78 is 5.52. The average Bonchev–Trinajstić information content (AvgIpc) is 2.69. The van der Waals surface area contributed by atoms with E-state index in [4.69, 9.17) is 4.74 Å². The number of amides is 2. The molecule has 0 aliphatic carbocycles. The Bertz CT molecular complexity index is 782. The second-order valence-electron chi connectivity index (χ2n) is 6.32. The van der Waals surface area contributed by atoms with Gasteiger partial charge in [0, 0.05) is 24.3 Å². The molecule has 5 heteroatoms. The number of carbonyl (C=O) groups excluding carboxylic acids is 2. The van der Waals surface area contributed by atoms with Crippen molar-refractivity contribution in [3.05, 3.63) is 59.7 Å². The SMILES string of the molecule is CCOc1ccccc1C(=O)Nc1cccc(C(=O)N2CCCCC2)c1. The summed E-state index contributed by atoms with van der Waals surface area (Å²) in [6, 6.07) is 14.2. The van der Waals surface area contributed by atoms with E-state index < -0.39 is 0 Å². The topological polar surface area (TPSA) is 58.6 Å². The monoisotopic (exact) mass is 352 g/mol. The van der Waals surface area contributed by atoms with Crippen molar-refractivity contribution in [3.63, 3.8) is 0 Å². The Morgan fingerprint density at radius 2 is 1.81 bits per heavy atom. The number of carbonyl (C=O) groups is 2. The first kappa shape index (κ1) is 18.0. The second kappa shape index (κ2) is 8.52. The molecule has 0 spiro atoms. The lowest BCUT2D eigenvalue weighted by atomic mass is 10.1. The third-order valence-corrected chi connectivity index (χ3v) is 4.44. The number of ether oxygens (including phenoxy) is 1. The van der Waals surface area contributed by atoms with E-state index in [0.717, 1.165) is 25.9 Å². The molecule has 2 aromatic rings. The molecule has 0 atom stereocenters. The van der Waals surface area contributed by atoms with Crippen molar-refractivity contribution in [1.29, 1.82) is 0 Å². The molecule has 2 amide bonds. The highest BCUT2D eigenvalue weighted by Gasteiger charge is 2.19. The van der Waals surface area contributed by atoms with Crippen LogP contribution in [0.3, 0.4) is 0 Å². The van der Waals surface area contributed by atoms with Crippen LogP contribution in [0.15, 0.2) is 48.5 Å². The summed E-state index contributed by atoms with van der Waals surface area (Å²) in [6.07, 6.45) is 3.28. The Kier molecular flexibility index (Phi) is 5.89. The van der Waals surface area contributed by atoms with Crippen LogP contribution >= 0.6 is 0 Å². The zero-order valence-corrected chi connectivity index (χ0v) is 15.0. The number of likely N-dealkylation sites (tertiary alicyclic amines) is 1. The molecule has 0 aromatic heterocycles. The minimum Gasteiger partial charge on any atom is -0.493 e. The summed E-state index contributed by atoms with van der Waals surface area (Å²) in [5, 5.41) is 2.87. The van der Waals surface area contributed by atoms with Crippen LogP contribution in [0.5, 0.6) is 5.75 Å². The minimum absolute atomic E-state index is 0.0236. The lowest BCUT2D eigenvalue weighted by Gasteiger charge is -2.26. The predicted molar refractivity (Wildman–Crippen MR) is 102 cm³/mol. The fraction of sp³-hybridized carbons (Fsp3) is 0.333. The van der Waals surface area contributed by atoms with Crippen LogP contribution in [0, 0.1) is 0 Å². The molecule has 1 aliphatic heterocycles. The molecule has 2 aromatic carbocycles. The van der Waals surface area contributed by atoms with Gasteiger partial charge in [0.1, 0.15) is 5.75 Å². The molecule has 5 nitrogen and oxygen atoms in total. The number of piperidine rings is 1. The van der Waals surface area contributed by atoms with E-state index >= 15 is 0 Å². The summed E-state index contributed by atoms with van der Waals surface area (Å²) in [5.41, 5.74) is 1.68. The van der Waals surface area contributed by atoms with E-state index in [2.05, 4.69) is 5.32 Å². The van der Waals surface area contributed by atoms with E-state index in [0.29, 0.717) is 29.2 Å². The van der Waals surface area contributed by atoms with Crippen LogP contribution in [-0.2, 0) is 0 Å². The summed E-state index contributed by atoms with van der Waals surface area (Å²) in [4.78, 5) is 27.1. The van der Waals surface area contributed by atoms with Crippen LogP contribution in [0.25, 0.3) is 0 Å². The highest BCUT2D eigenvalue weighted by molar-refractivity contribution is 6.06. The fourth-order valence-electron chi connectivity index (χ4n) is 3.14. The number of hydrogen-bond donors (Lipinski definition) is 1.